The predicted molar refractivity (Wildman–Crippen MR) is 89.2 cm³/mol. The number of nitrogens with one attached hydrogen (secondary N) is 1. The van der Waals surface area contributed by atoms with Crippen LogP contribution in [0.1, 0.15) is 37.3 Å². The van der Waals surface area contributed by atoms with Crippen LogP contribution >= 0.6 is 11.6 Å². The molecule has 1 aliphatic heterocycles. The third-order valence-corrected chi connectivity index (χ3v) is 4.81. The normalized spacial score (nSPS) is 21.7. The first kappa shape index (κ1) is 16.5. The van der Waals surface area contributed by atoms with Gasteiger partial charge in [0.05, 0.1) is 22.6 Å². The highest BCUT2D eigenvalue weighted by molar-refractivity contribution is 6.31. The Morgan fingerprint density at radius 3 is 3.04 bits per heavy atom. The van der Waals surface area contributed by atoms with Crippen LogP contribution in [0.5, 0.6) is 0 Å². The first-order chi connectivity index (χ1) is 11.2. The molecular weight excluding hydrogens is 314 g/mol. The topological polar surface area (TPSA) is 56.9 Å². The van der Waals surface area contributed by atoms with Crippen LogP contribution in [0.3, 0.4) is 0 Å². The number of hydrogen-bond donors (Lipinski definition) is 1. The molecule has 0 aromatic carbocycles. The molecule has 0 spiro atoms. The largest absolute Gasteiger partial charge is 0.372 e. The summed E-state index contributed by atoms with van der Waals surface area (Å²) in [6.07, 6.45) is 5.92. The van der Waals surface area contributed by atoms with Gasteiger partial charge in [0, 0.05) is 45.4 Å². The summed E-state index contributed by atoms with van der Waals surface area (Å²) in [4.78, 5) is 0. The third-order valence-electron chi connectivity index (χ3n) is 4.49. The van der Waals surface area contributed by atoms with Crippen molar-refractivity contribution in [1.29, 1.82) is 0 Å². The van der Waals surface area contributed by atoms with Gasteiger partial charge in [0.1, 0.15) is 6.10 Å². The number of aromatic nitrogens is 4. The van der Waals surface area contributed by atoms with E-state index >= 15 is 0 Å². The minimum Gasteiger partial charge on any atom is -0.372 e. The first-order valence-corrected chi connectivity index (χ1v) is 8.59. The van der Waals surface area contributed by atoms with Gasteiger partial charge in [-0.25, -0.2) is 0 Å². The zero-order valence-corrected chi connectivity index (χ0v) is 14.5. The van der Waals surface area contributed by atoms with E-state index in [4.69, 9.17) is 16.3 Å². The molecule has 0 unspecified atom stereocenters. The quantitative estimate of drug-likeness (QED) is 0.880. The van der Waals surface area contributed by atoms with Crippen molar-refractivity contribution < 1.29 is 4.74 Å². The molecule has 0 saturated carbocycles. The lowest BCUT2D eigenvalue weighted by atomic mass is 9.92. The standard InChI is InChI=1S/C16H24ClN5O/c1-3-22-14(6-7-19-22)16-12(5-4-8-23-16)9-18-11-15-13(17)10-20-21(15)2/h6-7,10,12,16,18H,3-5,8-9,11H2,1-2H3/t12-,16+/m0/s1. The van der Waals surface area contributed by atoms with Gasteiger partial charge in [-0.05, 0) is 25.8 Å². The van der Waals surface area contributed by atoms with Gasteiger partial charge in [-0.3, -0.25) is 9.36 Å². The van der Waals surface area contributed by atoms with E-state index in [1.165, 1.54) is 5.69 Å². The van der Waals surface area contributed by atoms with Gasteiger partial charge in [0.25, 0.3) is 0 Å². The average molecular weight is 338 g/mol. The lowest BCUT2D eigenvalue weighted by molar-refractivity contribution is -0.0328. The van der Waals surface area contributed by atoms with E-state index in [-0.39, 0.29) is 6.10 Å². The highest BCUT2D eigenvalue weighted by Crippen LogP contribution is 2.33. The summed E-state index contributed by atoms with van der Waals surface area (Å²) in [5, 5.41) is 12.8. The summed E-state index contributed by atoms with van der Waals surface area (Å²) in [6.45, 7) is 5.40. The van der Waals surface area contributed by atoms with Crippen molar-refractivity contribution in [2.45, 2.75) is 39.0 Å². The predicted octanol–water partition coefficient (Wildman–Crippen LogP) is 2.55. The molecule has 0 radical (unpaired) electrons. The second-order valence-corrected chi connectivity index (χ2v) is 6.37. The van der Waals surface area contributed by atoms with E-state index in [9.17, 15) is 0 Å². The van der Waals surface area contributed by atoms with Crippen LogP contribution in [0.2, 0.25) is 5.02 Å². The summed E-state index contributed by atoms with van der Waals surface area (Å²) < 4.78 is 9.91. The maximum absolute atomic E-state index is 6.16. The molecule has 23 heavy (non-hydrogen) atoms. The molecule has 2 aromatic rings. The van der Waals surface area contributed by atoms with Crippen LogP contribution in [0, 0.1) is 5.92 Å². The average Bonchev–Trinajstić information content (AvgIpc) is 3.16. The molecule has 2 atom stereocenters. The summed E-state index contributed by atoms with van der Waals surface area (Å²) in [6, 6.07) is 2.07. The van der Waals surface area contributed by atoms with Gasteiger partial charge < -0.3 is 10.1 Å². The fourth-order valence-electron chi connectivity index (χ4n) is 3.24. The number of hydrogen-bond acceptors (Lipinski definition) is 4. The molecule has 2 aromatic heterocycles. The first-order valence-electron chi connectivity index (χ1n) is 8.21. The Labute approximate surface area is 141 Å². The maximum Gasteiger partial charge on any atom is 0.103 e. The third kappa shape index (κ3) is 3.59. The Morgan fingerprint density at radius 2 is 2.30 bits per heavy atom. The van der Waals surface area contributed by atoms with Gasteiger partial charge >= 0.3 is 0 Å². The lowest BCUT2D eigenvalue weighted by Gasteiger charge is -2.32. The summed E-state index contributed by atoms with van der Waals surface area (Å²) in [5.74, 6) is 0.442. The van der Waals surface area contributed by atoms with E-state index in [0.717, 1.165) is 38.2 Å². The Hall–Kier alpha value is -1.37. The molecule has 3 rings (SSSR count). The van der Waals surface area contributed by atoms with Crippen molar-refractivity contribution in [3.63, 3.8) is 0 Å². The fourth-order valence-corrected chi connectivity index (χ4v) is 3.47. The highest BCUT2D eigenvalue weighted by Gasteiger charge is 2.29. The SMILES string of the molecule is CCn1nccc1[C@@H]1OCCC[C@H]1CNCc1c(Cl)cnn1C. The molecule has 3 heterocycles. The molecule has 1 N–H and O–H groups in total. The fraction of sp³-hybridized carbons (Fsp3) is 0.625. The second kappa shape index (κ2) is 7.47. The summed E-state index contributed by atoms with van der Waals surface area (Å²) in [7, 11) is 1.91. The van der Waals surface area contributed by atoms with Crippen molar-refractivity contribution in [3.8, 4) is 0 Å². The molecule has 1 aliphatic rings. The molecule has 126 valence electrons. The van der Waals surface area contributed by atoms with Crippen LogP contribution < -0.4 is 5.32 Å². The summed E-state index contributed by atoms with van der Waals surface area (Å²) >= 11 is 6.16. The molecule has 7 heteroatoms. The lowest BCUT2D eigenvalue weighted by Crippen LogP contribution is -2.33. The van der Waals surface area contributed by atoms with Crippen LogP contribution in [-0.2, 0) is 24.9 Å². The zero-order chi connectivity index (χ0) is 16.2. The molecule has 0 bridgehead atoms. The van der Waals surface area contributed by atoms with Crippen LogP contribution in [0.15, 0.2) is 18.5 Å². The molecular formula is C16H24ClN5O. The van der Waals surface area contributed by atoms with Crippen molar-refractivity contribution in [3.05, 3.63) is 34.9 Å². The summed E-state index contributed by atoms with van der Waals surface area (Å²) in [5.41, 5.74) is 2.19. The smallest absolute Gasteiger partial charge is 0.103 e. The monoisotopic (exact) mass is 337 g/mol. The minimum absolute atomic E-state index is 0.112. The maximum atomic E-state index is 6.16. The van der Waals surface area contributed by atoms with Gasteiger partial charge in [-0.15, -0.1) is 0 Å². The Morgan fingerprint density at radius 1 is 1.43 bits per heavy atom. The van der Waals surface area contributed by atoms with E-state index in [1.54, 1.807) is 6.20 Å². The van der Waals surface area contributed by atoms with E-state index < -0.39 is 0 Å². The van der Waals surface area contributed by atoms with E-state index in [1.807, 2.05) is 22.6 Å². The van der Waals surface area contributed by atoms with Crippen molar-refractivity contribution in [1.82, 2.24) is 24.9 Å². The van der Waals surface area contributed by atoms with E-state index in [2.05, 4.69) is 28.5 Å². The van der Waals surface area contributed by atoms with Gasteiger partial charge in [0.2, 0.25) is 0 Å². The molecule has 0 aliphatic carbocycles. The Balaban J connectivity index is 1.63. The minimum atomic E-state index is 0.112. The number of nitrogens with zero attached hydrogens (tertiary/aromatic N) is 4. The van der Waals surface area contributed by atoms with Gasteiger partial charge in [-0.2, -0.15) is 10.2 Å². The molecule has 0 amide bonds. The Kier molecular flexibility index (Phi) is 5.35. The highest BCUT2D eigenvalue weighted by atomic mass is 35.5. The molecule has 1 saturated heterocycles. The second-order valence-electron chi connectivity index (χ2n) is 5.96. The Bertz CT molecular complexity index is 619. The molecule has 6 nitrogen and oxygen atoms in total. The number of ether oxygens (including phenoxy) is 1. The number of rotatable bonds is 6. The van der Waals surface area contributed by atoms with E-state index in [0.29, 0.717) is 17.5 Å². The van der Waals surface area contributed by atoms with Crippen molar-refractivity contribution >= 4 is 11.6 Å². The van der Waals surface area contributed by atoms with Crippen molar-refractivity contribution in [2.24, 2.45) is 13.0 Å². The van der Waals surface area contributed by atoms with Gasteiger partial charge in [-0.1, -0.05) is 11.6 Å². The molecule has 1 fully saturated rings. The number of halogens is 1. The number of aryl methyl sites for hydroxylation is 2. The van der Waals surface area contributed by atoms with Crippen LogP contribution in [-0.4, -0.2) is 32.7 Å². The van der Waals surface area contributed by atoms with Crippen molar-refractivity contribution in [2.75, 3.05) is 13.2 Å². The zero-order valence-electron chi connectivity index (χ0n) is 13.7. The van der Waals surface area contributed by atoms with Crippen LogP contribution in [0.25, 0.3) is 0 Å². The van der Waals surface area contributed by atoms with Crippen LogP contribution in [0.4, 0.5) is 0 Å². The van der Waals surface area contributed by atoms with Gasteiger partial charge in [0.15, 0.2) is 0 Å².